The monoisotopic (exact) mass is 287 g/mol. The first-order chi connectivity index (χ1) is 7.01. The Balaban J connectivity index is 2.41. The van der Waals surface area contributed by atoms with Crippen molar-refractivity contribution < 1.29 is 4.79 Å². The SMILES string of the molecule is CC1(c2ccc(Br)cc2Cl)CNC(=O)C1. The molecule has 80 valence electrons. The Morgan fingerprint density at radius 2 is 2.27 bits per heavy atom. The molecule has 1 heterocycles. The van der Waals surface area contributed by atoms with Crippen molar-refractivity contribution >= 4 is 33.4 Å². The second-order valence-corrected chi connectivity index (χ2v) is 5.46. The maximum Gasteiger partial charge on any atom is 0.220 e. The summed E-state index contributed by atoms with van der Waals surface area (Å²) in [5.41, 5.74) is 0.861. The van der Waals surface area contributed by atoms with Crippen LogP contribution >= 0.6 is 27.5 Å². The number of halogens is 2. The van der Waals surface area contributed by atoms with Gasteiger partial charge in [0.1, 0.15) is 0 Å². The minimum absolute atomic E-state index is 0.0940. The molecule has 1 N–H and O–H groups in total. The minimum Gasteiger partial charge on any atom is -0.355 e. The van der Waals surface area contributed by atoms with Crippen molar-refractivity contribution in [1.82, 2.24) is 5.32 Å². The number of amides is 1. The molecule has 1 unspecified atom stereocenters. The lowest BCUT2D eigenvalue weighted by Gasteiger charge is -2.23. The van der Waals surface area contributed by atoms with E-state index >= 15 is 0 Å². The van der Waals surface area contributed by atoms with Crippen LogP contribution in [0.1, 0.15) is 18.9 Å². The Bertz CT molecular complexity index is 421. The number of hydrogen-bond donors (Lipinski definition) is 1. The van der Waals surface area contributed by atoms with Gasteiger partial charge in [0, 0.05) is 27.9 Å². The van der Waals surface area contributed by atoms with E-state index in [-0.39, 0.29) is 11.3 Å². The molecule has 1 fully saturated rings. The number of hydrogen-bond acceptors (Lipinski definition) is 1. The molecule has 0 aromatic heterocycles. The van der Waals surface area contributed by atoms with Gasteiger partial charge < -0.3 is 5.32 Å². The van der Waals surface area contributed by atoms with Crippen molar-refractivity contribution in [3.8, 4) is 0 Å². The Kier molecular flexibility index (Phi) is 2.77. The summed E-state index contributed by atoms with van der Waals surface area (Å²) >= 11 is 9.55. The number of carbonyl (C=O) groups is 1. The van der Waals surface area contributed by atoms with E-state index in [0.717, 1.165) is 10.0 Å². The zero-order chi connectivity index (χ0) is 11.1. The van der Waals surface area contributed by atoms with E-state index in [1.165, 1.54) is 0 Å². The molecule has 4 heteroatoms. The van der Waals surface area contributed by atoms with E-state index in [0.29, 0.717) is 18.0 Å². The van der Waals surface area contributed by atoms with Crippen molar-refractivity contribution in [2.45, 2.75) is 18.8 Å². The minimum atomic E-state index is -0.172. The van der Waals surface area contributed by atoms with Gasteiger partial charge >= 0.3 is 0 Å². The van der Waals surface area contributed by atoms with Crippen LogP contribution in [0.15, 0.2) is 22.7 Å². The first-order valence-corrected chi connectivity index (χ1v) is 5.91. The van der Waals surface area contributed by atoms with Crippen LogP contribution in [0.4, 0.5) is 0 Å². The smallest absolute Gasteiger partial charge is 0.220 e. The molecule has 2 nitrogen and oxygen atoms in total. The van der Waals surface area contributed by atoms with E-state index in [9.17, 15) is 4.79 Å². The molecule has 1 aromatic carbocycles. The highest BCUT2D eigenvalue weighted by Gasteiger charge is 2.36. The van der Waals surface area contributed by atoms with Gasteiger partial charge in [-0.05, 0) is 17.7 Å². The third-order valence-electron chi connectivity index (χ3n) is 2.81. The van der Waals surface area contributed by atoms with Crippen LogP contribution in [0.5, 0.6) is 0 Å². The van der Waals surface area contributed by atoms with E-state index in [1.807, 2.05) is 18.2 Å². The van der Waals surface area contributed by atoms with Crippen LogP contribution in [0.3, 0.4) is 0 Å². The molecule has 1 amide bonds. The van der Waals surface area contributed by atoms with Crippen molar-refractivity contribution in [3.63, 3.8) is 0 Å². The van der Waals surface area contributed by atoms with Crippen LogP contribution in [-0.2, 0) is 10.2 Å². The molecule has 0 bridgehead atoms. The average molecular weight is 289 g/mol. The van der Waals surface area contributed by atoms with Gasteiger partial charge in [0.2, 0.25) is 5.91 Å². The fraction of sp³-hybridized carbons (Fsp3) is 0.364. The molecule has 2 rings (SSSR count). The van der Waals surface area contributed by atoms with E-state index in [1.54, 1.807) is 0 Å². The second-order valence-electron chi connectivity index (χ2n) is 4.14. The molecule has 0 spiro atoms. The third kappa shape index (κ3) is 2.04. The lowest BCUT2D eigenvalue weighted by Crippen LogP contribution is -2.25. The van der Waals surface area contributed by atoms with Gasteiger partial charge in [0.15, 0.2) is 0 Å². The highest BCUT2D eigenvalue weighted by atomic mass is 79.9. The van der Waals surface area contributed by atoms with Gasteiger partial charge in [-0.1, -0.05) is 40.5 Å². The predicted molar refractivity (Wildman–Crippen MR) is 64.1 cm³/mol. The standard InChI is InChI=1S/C11H11BrClNO/c1-11(5-10(15)14-6-11)8-3-2-7(12)4-9(8)13/h2-4H,5-6H2,1H3,(H,14,15). The molecule has 0 saturated carbocycles. The van der Waals surface area contributed by atoms with Crippen LogP contribution < -0.4 is 5.32 Å². The van der Waals surface area contributed by atoms with Gasteiger partial charge in [0.05, 0.1) is 0 Å². The molecule has 1 atom stereocenters. The van der Waals surface area contributed by atoms with Crippen LogP contribution in [0.2, 0.25) is 5.02 Å². The van der Waals surface area contributed by atoms with Crippen molar-refractivity contribution in [2.75, 3.05) is 6.54 Å². The summed E-state index contributed by atoms with van der Waals surface area (Å²) in [6, 6.07) is 5.80. The quantitative estimate of drug-likeness (QED) is 0.846. The zero-order valence-corrected chi connectivity index (χ0v) is 10.7. The maximum absolute atomic E-state index is 11.2. The van der Waals surface area contributed by atoms with Crippen molar-refractivity contribution in [1.29, 1.82) is 0 Å². The molecule has 1 aromatic rings. The topological polar surface area (TPSA) is 29.1 Å². The Morgan fingerprint density at radius 3 is 2.80 bits per heavy atom. The lowest BCUT2D eigenvalue weighted by molar-refractivity contribution is -0.119. The molecular formula is C11H11BrClNO. The summed E-state index contributed by atoms with van der Waals surface area (Å²) < 4.78 is 0.956. The summed E-state index contributed by atoms with van der Waals surface area (Å²) in [7, 11) is 0. The lowest BCUT2D eigenvalue weighted by atomic mass is 9.82. The molecule has 1 saturated heterocycles. The van der Waals surface area contributed by atoms with Gasteiger partial charge in [0.25, 0.3) is 0 Å². The largest absolute Gasteiger partial charge is 0.355 e. The van der Waals surface area contributed by atoms with Crippen molar-refractivity contribution in [2.24, 2.45) is 0 Å². The molecule has 1 aliphatic rings. The van der Waals surface area contributed by atoms with E-state index < -0.39 is 0 Å². The molecule has 1 aliphatic heterocycles. The first-order valence-electron chi connectivity index (χ1n) is 4.73. The average Bonchev–Trinajstić information content (AvgIpc) is 2.46. The normalized spacial score (nSPS) is 25.4. The van der Waals surface area contributed by atoms with Crippen molar-refractivity contribution in [3.05, 3.63) is 33.3 Å². The van der Waals surface area contributed by atoms with Gasteiger partial charge in [-0.25, -0.2) is 0 Å². The second kappa shape index (κ2) is 3.80. The maximum atomic E-state index is 11.2. The van der Waals surface area contributed by atoms with Crippen LogP contribution in [-0.4, -0.2) is 12.5 Å². The highest BCUT2D eigenvalue weighted by molar-refractivity contribution is 9.10. The molecule has 0 aliphatic carbocycles. The molecule has 0 radical (unpaired) electrons. The Hall–Kier alpha value is -0.540. The first kappa shape index (κ1) is 11.0. The van der Waals surface area contributed by atoms with Gasteiger partial charge in [-0.15, -0.1) is 0 Å². The highest BCUT2D eigenvalue weighted by Crippen LogP contribution is 2.36. The summed E-state index contributed by atoms with van der Waals surface area (Å²) in [6.45, 7) is 2.72. The van der Waals surface area contributed by atoms with E-state index in [4.69, 9.17) is 11.6 Å². The third-order valence-corrected chi connectivity index (χ3v) is 3.61. The van der Waals surface area contributed by atoms with E-state index in [2.05, 4.69) is 28.2 Å². The summed E-state index contributed by atoms with van der Waals surface area (Å²) in [6.07, 6.45) is 0.508. The number of rotatable bonds is 1. The van der Waals surface area contributed by atoms with Crippen LogP contribution in [0.25, 0.3) is 0 Å². The molecule has 15 heavy (non-hydrogen) atoms. The fourth-order valence-electron chi connectivity index (χ4n) is 1.94. The summed E-state index contributed by atoms with van der Waals surface area (Å²) in [4.78, 5) is 11.2. The number of carbonyl (C=O) groups excluding carboxylic acids is 1. The van der Waals surface area contributed by atoms with Gasteiger partial charge in [-0.2, -0.15) is 0 Å². The number of benzene rings is 1. The number of nitrogens with one attached hydrogen (secondary N) is 1. The Morgan fingerprint density at radius 1 is 1.53 bits per heavy atom. The Labute approximate surface area is 102 Å². The predicted octanol–water partition coefficient (Wildman–Crippen LogP) is 2.88. The summed E-state index contributed by atoms with van der Waals surface area (Å²) in [5.74, 6) is 0.0940. The zero-order valence-electron chi connectivity index (χ0n) is 8.31. The van der Waals surface area contributed by atoms with Crippen LogP contribution in [0, 0.1) is 0 Å². The van der Waals surface area contributed by atoms with Gasteiger partial charge in [-0.3, -0.25) is 4.79 Å². The summed E-state index contributed by atoms with van der Waals surface area (Å²) in [5, 5.41) is 3.55. The fourth-order valence-corrected chi connectivity index (χ4v) is 2.84. The molecular weight excluding hydrogens is 277 g/mol.